The summed E-state index contributed by atoms with van der Waals surface area (Å²) in [5.41, 5.74) is 2.52. The number of pyridine rings is 2. The van der Waals surface area contributed by atoms with E-state index in [1.54, 1.807) is 12.4 Å². The highest BCUT2D eigenvalue weighted by atomic mass is 16.5. The van der Waals surface area contributed by atoms with Crippen LogP contribution < -0.4 is 20.3 Å². The lowest BCUT2D eigenvalue weighted by Gasteiger charge is -2.28. The van der Waals surface area contributed by atoms with Crippen molar-refractivity contribution in [1.29, 1.82) is 0 Å². The van der Waals surface area contributed by atoms with Gasteiger partial charge in [0.2, 0.25) is 11.8 Å². The van der Waals surface area contributed by atoms with Crippen LogP contribution in [0.4, 0.5) is 29.0 Å². The predicted molar refractivity (Wildman–Crippen MR) is 135 cm³/mol. The van der Waals surface area contributed by atoms with Crippen molar-refractivity contribution in [3.8, 4) is 5.88 Å². The van der Waals surface area contributed by atoms with E-state index in [1.807, 2.05) is 61.2 Å². The summed E-state index contributed by atoms with van der Waals surface area (Å²) in [6.07, 6.45) is 7.36. The van der Waals surface area contributed by atoms with Gasteiger partial charge in [-0.25, -0.2) is 9.97 Å². The highest BCUT2D eigenvalue weighted by Gasteiger charge is 2.16. The van der Waals surface area contributed by atoms with Crippen LogP contribution in [0, 0.1) is 0 Å². The van der Waals surface area contributed by atoms with Gasteiger partial charge >= 0.3 is 0 Å². The molecule has 182 valence electrons. The fourth-order valence-electron chi connectivity index (χ4n) is 3.65. The summed E-state index contributed by atoms with van der Waals surface area (Å²) < 4.78 is 13.2. The standard InChI is InChI=1S/C24H29N9O2/c1-31(2)9-14-35-23-4-3-19(17-26-23)28-24-29-20(16-22(30-24)33-10-12-34-13-11-33)27-18-5-7-32-8-6-25-21(32)15-18/h3-8,15-17H,9-14H2,1-2H3,(H2,27,28,29,30). The van der Waals surface area contributed by atoms with Gasteiger partial charge in [0.25, 0.3) is 0 Å². The number of nitrogens with one attached hydrogen (secondary N) is 2. The number of hydrogen-bond donors (Lipinski definition) is 2. The molecule has 0 unspecified atom stereocenters. The summed E-state index contributed by atoms with van der Waals surface area (Å²) >= 11 is 0. The predicted octanol–water partition coefficient (Wildman–Crippen LogP) is 2.78. The highest BCUT2D eigenvalue weighted by Crippen LogP contribution is 2.25. The van der Waals surface area contributed by atoms with E-state index in [0.29, 0.717) is 37.5 Å². The number of rotatable bonds is 9. The maximum absolute atomic E-state index is 5.68. The van der Waals surface area contributed by atoms with Crippen LogP contribution >= 0.6 is 0 Å². The van der Waals surface area contributed by atoms with E-state index in [0.717, 1.165) is 42.5 Å². The van der Waals surface area contributed by atoms with Crippen molar-refractivity contribution in [3.63, 3.8) is 0 Å². The SMILES string of the molecule is CN(C)CCOc1ccc(Nc2nc(Nc3ccn4ccnc4c3)cc(N3CCOCC3)n2)cn1. The van der Waals surface area contributed by atoms with Crippen LogP contribution in [0.5, 0.6) is 5.88 Å². The second-order valence-electron chi connectivity index (χ2n) is 8.43. The van der Waals surface area contributed by atoms with Gasteiger partial charge in [-0.1, -0.05) is 0 Å². The lowest BCUT2D eigenvalue weighted by Crippen LogP contribution is -2.36. The number of nitrogens with zero attached hydrogens (tertiary/aromatic N) is 7. The molecule has 11 heteroatoms. The molecule has 0 atom stereocenters. The smallest absolute Gasteiger partial charge is 0.231 e. The van der Waals surface area contributed by atoms with Gasteiger partial charge in [0.05, 0.1) is 25.1 Å². The lowest BCUT2D eigenvalue weighted by atomic mass is 10.3. The first-order chi connectivity index (χ1) is 17.1. The highest BCUT2D eigenvalue weighted by molar-refractivity contribution is 5.66. The molecule has 0 spiro atoms. The maximum Gasteiger partial charge on any atom is 0.231 e. The van der Waals surface area contributed by atoms with Crippen molar-refractivity contribution in [1.82, 2.24) is 29.2 Å². The first kappa shape index (κ1) is 22.8. The van der Waals surface area contributed by atoms with E-state index >= 15 is 0 Å². The van der Waals surface area contributed by atoms with Gasteiger partial charge in [-0.05, 0) is 26.2 Å². The molecule has 0 aliphatic carbocycles. The summed E-state index contributed by atoms with van der Waals surface area (Å²) in [5, 5.41) is 6.66. The number of hydrogen-bond acceptors (Lipinski definition) is 10. The quantitative estimate of drug-likeness (QED) is 0.375. The Morgan fingerprint density at radius 2 is 1.89 bits per heavy atom. The van der Waals surface area contributed by atoms with E-state index in [4.69, 9.17) is 19.4 Å². The Bertz CT molecular complexity index is 1250. The molecule has 35 heavy (non-hydrogen) atoms. The molecule has 0 aromatic carbocycles. The summed E-state index contributed by atoms with van der Waals surface area (Å²) in [6, 6.07) is 9.65. The third-order valence-corrected chi connectivity index (χ3v) is 5.50. The van der Waals surface area contributed by atoms with Gasteiger partial charge in [-0.2, -0.15) is 9.97 Å². The Hall–Kier alpha value is -3.96. The summed E-state index contributed by atoms with van der Waals surface area (Å²) in [4.78, 5) is 22.4. The minimum Gasteiger partial charge on any atom is -0.476 e. The number of fused-ring (bicyclic) bond motifs is 1. The molecule has 1 aliphatic rings. The monoisotopic (exact) mass is 475 g/mol. The molecule has 5 rings (SSSR count). The molecular formula is C24H29N9O2. The topological polar surface area (TPSA) is 105 Å². The summed E-state index contributed by atoms with van der Waals surface area (Å²) in [6.45, 7) is 4.30. The van der Waals surface area contributed by atoms with Gasteiger partial charge in [0.15, 0.2) is 0 Å². The molecule has 4 aromatic rings. The number of imidazole rings is 1. The second kappa shape index (κ2) is 10.5. The molecule has 0 amide bonds. The van der Waals surface area contributed by atoms with Crippen LogP contribution in [-0.2, 0) is 4.74 Å². The summed E-state index contributed by atoms with van der Waals surface area (Å²) in [7, 11) is 4.02. The lowest BCUT2D eigenvalue weighted by molar-refractivity contribution is 0.122. The minimum atomic E-state index is 0.474. The van der Waals surface area contributed by atoms with Crippen molar-refractivity contribution in [3.05, 3.63) is 55.1 Å². The fraction of sp³-hybridized carbons (Fsp3) is 0.333. The minimum absolute atomic E-state index is 0.474. The van der Waals surface area contributed by atoms with Crippen LogP contribution in [-0.4, -0.2) is 82.8 Å². The molecule has 0 bridgehead atoms. The molecular weight excluding hydrogens is 446 g/mol. The molecule has 11 nitrogen and oxygen atoms in total. The molecule has 0 saturated carbocycles. The van der Waals surface area contributed by atoms with Crippen molar-refractivity contribution >= 4 is 34.6 Å². The van der Waals surface area contributed by atoms with Gasteiger partial charge in [0.1, 0.15) is 23.9 Å². The average molecular weight is 476 g/mol. The molecule has 1 fully saturated rings. The normalized spacial score (nSPS) is 13.9. The van der Waals surface area contributed by atoms with Gasteiger partial charge in [-0.15, -0.1) is 0 Å². The van der Waals surface area contributed by atoms with E-state index in [-0.39, 0.29) is 0 Å². The Kier molecular flexibility index (Phi) is 6.87. The maximum atomic E-state index is 5.68. The van der Waals surface area contributed by atoms with E-state index < -0.39 is 0 Å². The van der Waals surface area contributed by atoms with Crippen LogP contribution in [0.3, 0.4) is 0 Å². The first-order valence-electron chi connectivity index (χ1n) is 11.5. The zero-order valence-corrected chi connectivity index (χ0v) is 19.9. The largest absolute Gasteiger partial charge is 0.476 e. The molecule has 2 N–H and O–H groups in total. The number of anilines is 5. The van der Waals surface area contributed by atoms with E-state index in [9.17, 15) is 0 Å². The third-order valence-electron chi connectivity index (χ3n) is 5.50. The molecule has 1 aliphatic heterocycles. The number of morpholine rings is 1. The van der Waals surface area contributed by atoms with E-state index in [1.165, 1.54) is 0 Å². The van der Waals surface area contributed by atoms with Crippen molar-refractivity contribution < 1.29 is 9.47 Å². The Labute approximate surface area is 203 Å². The van der Waals surface area contributed by atoms with Gasteiger partial charge in [-0.3, -0.25) is 0 Å². The van der Waals surface area contributed by atoms with E-state index in [2.05, 4.69) is 30.4 Å². The average Bonchev–Trinajstić information content (AvgIpc) is 3.33. The Morgan fingerprint density at radius 3 is 2.69 bits per heavy atom. The number of aromatic nitrogens is 5. The number of likely N-dealkylation sites (N-methyl/N-ethyl adjacent to an activating group) is 1. The second-order valence-corrected chi connectivity index (χ2v) is 8.43. The number of ether oxygens (including phenoxy) is 2. The van der Waals surface area contributed by atoms with Crippen LogP contribution in [0.2, 0.25) is 0 Å². The third kappa shape index (κ3) is 5.94. The summed E-state index contributed by atoms with van der Waals surface area (Å²) in [5.74, 6) is 2.56. The van der Waals surface area contributed by atoms with Gasteiger partial charge in [0, 0.05) is 62.1 Å². The van der Waals surface area contributed by atoms with Crippen LogP contribution in [0.25, 0.3) is 5.65 Å². The van der Waals surface area contributed by atoms with Crippen molar-refractivity contribution in [2.24, 2.45) is 0 Å². The Balaban J connectivity index is 1.35. The van der Waals surface area contributed by atoms with Crippen molar-refractivity contribution in [2.45, 2.75) is 0 Å². The van der Waals surface area contributed by atoms with Crippen LogP contribution in [0.1, 0.15) is 0 Å². The molecule has 0 radical (unpaired) electrons. The van der Waals surface area contributed by atoms with Crippen LogP contribution in [0.15, 0.2) is 55.1 Å². The molecule has 1 saturated heterocycles. The zero-order chi connectivity index (χ0) is 24.0. The fourth-order valence-corrected chi connectivity index (χ4v) is 3.65. The van der Waals surface area contributed by atoms with Gasteiger partial charge < -0.3 is 34.3 Å². The zero-order valence-electron chi connectivity index (χ0n) is 19.9. The first-order valence-corrected chi connectivity index (χ1v) is 11.5. The van der Waals surface area contributed by atoms with Crippen molar-refractivity contribution in [2.75, 3.05) is 69.1 Å². The Morgan fingerprint density at radius 1 is 1.00 bits per heavy atom. The molecule has 5 heterocycles. The molecule has 4 aromatic heterocycles.